The number of carbonyl (C=O) groups is 2. The number of phosphoric ester groups is 1. The molecule has 10 heteroatoms. The summed E-state index contributed by atoms with van der Waals surface area (Å²) in [5, 5.41) is 0. The number of quaternary nitrogens is 1. The number of carbonyl (C=O) groups excluding carboxylic acids is 2. The van der Waals surface area contributed by atoms with Crippen molar-refractivity contribution in [2.75, 3.05) is 47.5 Å². The van der Waals surface area contributed by atoms with Crippen LogP contribution in [0.5, 0.6) is 0 Å². The van der Waals surface area contributed by atoms with E-state index in [-0.39, 0.29) is 26.1 Å². The summed E-state index contributed by atoms with van der Waals surface area (Å²) in [4.78, 5) is 35.5. The van der Waals surface area contributed by atoms with Crippen LogP contribution < -0.4 is 0 Å². The van der Waals surface area contributed by atoms with Gasteiger partial charge >= 0.3 is 19.8 Å². The number of nitrogens with zero attached hydrogens (tertiary/aromatic N) is 1. The highest BCUT2D eigenvalue weighted by Gasteiger charge is 2.27. The van der Waals surface area contributed by atoms with Gasteiger partial charge in [0.15, 0.2) is 6.10 Å². The highest BCUT2D eigenvalue weighted by atomic mass is 31.2. The van der Waals surface area contributed by atoms with Gasteiger partial charge in [-0.1, -0.05) is 172 Å². The van der Waals surface area contributed by atoms with Crippen molar-refractivity contribution in [1.82, 2.24) is 0 Å². The second kappa shape index (κ2) is 42.5. The summed E-state index contributed by atoms with van der Waals surface area (Å²) >= 11 is 0. The maximum absolute atomic E-state index is 12.7. The zero-order valence-corrected chi connectivity index (χ0v) is 40.6. The summed E-state index contributed by atoms with van der Waals surface area (Å²) in [6.07, 6.45) is 49.1. The topological polar surface area (TPSA) is 108 Å². The number of rotatable bonds is 45. The monoisotopic (exact) mass is 869 g/mol. The summed E-state index contributed by atoms with van der Waals surface area (Å²) in [7, 11) is 1.46. The zero-order valence-electron chi connectivity index (χ0n) is 39.7. The Morgan fingerprint density at radius 1 is 0.517 bits per heavy atom. The predicted molar refractivity (Wildman–Crippen MR) is 252 cm³/mol. The first-order valence-electron chi connectivity index (χ1n) is 24.7. The number of phosphoric acid groups is 1. The van der Waals surface area contributed by atoms with Crippen molar-refractivity contribution in [3.8, 4) is 0 Å². The molecule has 0 amide bonds. The molecule has 60 heavy (non-hydrogen) atoms. The highest BCUT2D eigenvalue weighted by Crippen LogP contribution is 2.43. The van der Waals surface area contributed by atoms with E-state index < -0.39 is 32.5 Å². The average Bonchev–Trinajstić information content (AvgIpc) is 3.20. The SMILES string of the molecule is CCCCCCCC/C=C/C/C=C/CCCCC(=O)OC[C@H](COP(=O)(O)OCC[N+](C)(C)C)OC(=O)CCCCCCCCCCCCC/C=C/CCCCCCCC. The van der Waals surface area contributed by atoms with Gasteiger partial charge in [0.2, 0.25) is 0 Å². The molecule has 0 bridgehead atoms. The first kappa shape index (κ1) is 58.2. The number of hydrogen-bond acceptors (Lipinski definition) is 7. The van der Waals surface area contributed by atoms with E-state index in [1.165, 1.54) is 135 Å². The molecule has 0 saturated carbocycles. The molecule has 0 aliphatic rings. The van der Waals surface area contributed by atoms with Crippen LogP contribution in [-0.4, -0.2) is 74.9 Å². The summed E-state index contributed by atoms with van der Waals surface area (Å²) in [5.41, 5.74) is 0. The van der Waals surface area contributed by atoms with Crippen molar-refractivity contribution < 1.29 is 42.1 Å². The van der Waals surface area contributed by atoms with Crippen LogP contribution in [0.1, 0.15) is 219 Å². The van der Waals surface area contributed by atoms with Crippen molar-refractivity contribution in [2.24, 2.45) is 0 Å². The van der Waals surface area contributed by atoms with Crippen molar-refractivity contribution in [1.29, 1.82) is 0 Å². The molecule has 0 aromatic rings. The fraction of sp³-hybridized carbons (Fsp3) is 0.840. The summed E-state index contributed by atoms with van der Waals surface area (Å²) in [5.74, 6) is -0.832. The first-order chi connectivity index (χ1) is 29.0. The Balaban J connectivity index is 4.29. The van der Waals surface area contributed by atoms with Crippen molar-refractivity contribution in [3.63, 3.8) is 0 Å². The second-order valence-electron chi connectivity index (χ2n) is 17.8. The normalized spacial score (nSPS) is 13.8. The molecule has 0 rings (SSSR count). The lowest BCUT2D eigenvalue weighted by Gasteiger charge is -2.24. The van der Waals surface area contributed by atoms with Crippen LogP contribution in [0.15, 0.2) is 36.5 Å². The lowest BCUT2D eigenvalue weighted by molar-refractivity contribution is -0.870. The molecule has 1 unspecified atom stereocenters. The molecule has 0 aromatic carbocycles. The van der Waals surface area contributed by atoms with Crippen molar-refractivity contribution >= 4 is 19.8 Å². The van der Waals surface area contributed by atoms with Crippen molar-refractivity contribution in [2.45, 2.75) is 225 Å². The third-order valence-electron chi connectivity index (χ3n) is 10.6. The highest BCUT2D eigenvalue weighted by molar-refractivity contribution is 7.47. The lowest BCUT2D eigenvalue weighted by Crippen LogP contribution is -2.37. The van der Waals surface area contributed by atoms with Gasteiger partial charge in [0, 0.05) is 12.8 Å². The number of likely N-dealkylation sites (N-methyl/N-ethyl adjacent to an activating group) is 1. The Morgan fingerprint density at radius 2 is 0.900 bits per heavy atom. The van der Waals surface area contributed by atoms with Gasteiger partial charge in [-0.2, -0.15) is 0 Å². The van der Waals surface area contributed by atoms with E-state index in [0.29, 0.717) is 23.9 Å². The Bertz CT molecular complexity index is 1120. The molecule has 0 radical (unpaired) electrons. The van der Waals surface area contributed by atoms with Crippen LogP contribution in [0.25, 0.3) is 0 Å². The van der Waals surface area contributed by atoms with Crippen LogP contribution in [0, 0.1) is 0 Å². The predicted octanol–water partition coefficient (Wildman–Crippen LogP) is 14.5. The second-order valence-corrected chi connectivity index (χ2v) is 19.3. The molecular weight excluding hydrogens is 774 g/mol. The Labute approximate surface area is 370 Å². The van der Waals surface area contributed by atoms with Gasteiger partial charge in [-0.25, -0.2) is 4.57 Å². The van der Waals surface area contributed by atoms with Crippen molar-refractivity contribution in [3.05, 3.63) is 36.5 Å². The maximum Gasteiger partial charge on any atom is 0.472 e. The average molecular weight is 869 g/mol. The number of unbranched alkanes of at least 4 members (excludes halogenated alkanes) is 25. The maximum atomic E-state index is 12.7. The first-order valence-corrected chi connectivity index (χ1v) is 26.2. The minimum Gasteiger partial charge on any atom is -0.462 e. The smallest absolute Gasteiger partial charge is 0.462 e. The van der Waals surface area contributed by atoms with Gasteiger partial charge in [0.25, 0.3) is 0 Å². The number of esters is 2. The fourth-order valence-electron chi connectivity index (χ4n) is 6.75. The minimum absolute atomic E-state index is 0.0271. The molecule has 352 valence electrons. The Morgan fingerprint density at radius 3 is 1.37 bits per heavy atom. The lowest BCUT2D eigenvalue weighted by atomic mass is 10.0. The summed E-state index contributed by atoms with van der Waals surface area (Å²) in [6.45, 7) is 4.39. The van der Waals surface area contributed by atoms with Crippen LogP contribution in [-0.2, 0) is 32.7 Å². The summed E-state index contributed by atoms with van der Waals surface area (Å²) < 4.78 is 34.4. The van der Waals surface area contributed by atoms with Crippen LogP contribution in [0.3, 0.4) is 0 Å². The molecule has 9 nitrogen and oxygen atoms in total. The van der Waals surface area contributed by atoms with Gasteiger partial charge in [0.1, 0.15) is 19.8 Å². The van der Waals surface area contributed by atoms with E-state index in [1.807, 2.05) is 21.1 Å². The standard InChI is InChI=1S/C50H94NO8P/c1-6-8-10-12-14-16-18-20-22-23-24-25-26-27-29-31-33-35-37-39-41-43-50(53)59-48(47-58-60(54,55)57-45-44-51(3,4)5)46-56-49(52)42-40-38-36-34-32-30-28-21-19-17-15-13-11-9-7-2/h20-22,28,32,34,48H,6-19,23-27,29-31,33,35-47H2,1-5H3/p+1/b22-20+,28-21+,34-32+/t48-/m1/s1. The Hall–Kier alpha value is -1.77. The zero-order chi connectivity index (χ0) is 44.3. The van der Waals surface area contributed by atoms with Crippen LogP contribution in [0.2, 0.25) is 0 Å². The van der Waals surface area contributed by atoms with Crippen LogP contribution >= 0.6 is 7.82 Å². The molecule has 2 atom stereocenters. The quantitative estimate of drug-likeness (QED) is 0.0212. The van der Waals surface area contributed by atoms with E-state index in [1.54, 1.807) is 0 Å². The molecule has 0 fully saturated rings. The molecule has 1 N–H and O–H groups in total. The number of hydrogen-bond donors (Lipinski definition) is 1. The molecule has 0 aliphatic heterocycles. The number of allylic oxidation sites excluding steroid dienone is 6. The third kappa shape index (κ3) is 45.7. The largest absolute Gasteiger partial charge is 0.472 e. The van der Waals surface area contributed by atoms with E-state index in [9.17, 15) is 19.0 Å². The molecule has 0 spiro atoms. The molecule has 0 aromatic heterocycles. The van der Waals surface area contributed by atoms with E-state index in [2.05, 4.69) is 50.3 Å². The third-order valence-corrected chi connectivity index (χ3v) is 11.6. The Kier molecular flexibility index (Phi) is 41.3. The summed E-state index contributed by atoms with van der Waals surface area (Å²) in [6, 6.07) is 0. The van der Waals surface area contributed by atoms with Gasteiger partial charge in [0.05, 0.1) is 27.7 Å². The fourth-order valence-corrected chi connectivity index (χ4v) is 7.49. The van der Waals surface area contributed by atoms with Gasteiger partial charge in [-0.15, -0.1) is 0 Å². The van der Waals surface area contributed by atoms with Crippen LogP contribution in [0.4, 0.5) is 0 Å². The van der Waals surface area contributed by atoms with E-state index >= 15 is 0 Å². The van der Waals surface area contributed by atoms with E-state index in [4.69, 9.17) is 18.5 Å². The molecular formula is C50H95NO8P+. The van der Waals surface area contributed by atoms with Gasteiger partial charge in [-0.05, 0) is 70.6 Å². The van der Waals surface area contributed by atoms with Gasteiger partial charge in [-0.3, -0.25) is 18.6 Å². The molecule has 0 aliphatic carbocycles. The van der Waals surface area contributed by atoms with Gasteiger partial charge < -0.3 is 18.9 Å². The molecule has 0 heterocycles. The molecule has 0 saturated heterocycles. The number of ether oxygens (including phenoxy) is 2. The van der Waals surface area contributed by atoms with E-state index in [0.717, 1.165) is 44.9 Å². The minimum atomic E-state index is -4.38.